The van der Waals surface area contributed by atoms with Crippen molar-refractivity contribution < 1.29 is 21.7 Å². The number of nitrogens with one attached hydrogen (secondary N) is 1. The van der Waals surface area contributed by atoms with Crippen molar-refractivity contribution in [3.8, 4) is 16.9 Å². The minimum absolute atomic E-state index is 0.0818. The van der Waals surface area contributed by atoms with E-state index in [9.17, 15) is 22.0 Å². The van der Waals surface area contributed by atoms with E-state index in [0.29, 0.717) is 34.0 Å². The first-order valence-electron chi connectivity index (χ1n) is 9.69. The quantitative estimate of drug-likeness (QED) is 0.472. The van der Waals surface area contributed by atoms with Crippen LogP contribution in [0.2, 0.25) is 0 Å². The van der Waals surface area contributed by atoms with E-state index >= 15 is 0 Å². The standard InChI is InChI=1S/C22H18F2N4O4S/c1-12-4-5-15(10-20(12)33(30,31)27-16-6-7-17(23)18(24)11-16)19-8-9-21(29)28(25-19)22-13(2)26-32-14(22)3/h4-11,27H,1-3H3. The number of rotatable bonds is 5. The van der Waals surface area contributed by atoms with E-state index in [4.69, 9.17) is 4.52 Å². The van der Waals surface area contributed by atoms with Gasteiger partial charge in [0.05, 0.1) is 16.3 Å². The molecule has 4 rings (SSSR count). The number of sulfonamides is 1. The highest BCUT2D eigenvalue weighted by Crippen LogP contribution is 2.26. The van der Waals surface area contributed by atoms with Gasteiger partial charge >= 0.3 is 0 Å². The lowest BCUT2D eigenvalue weighted by atomic mass is 10.1. The van der Waals surface area contributed by atoms with Gasteiger partial charge in [0.25, 0.3) is 15.6 Å². The molecule has 0 spiro atoms. The monoisotopic (exact) mass is 472 g/mol. The molecule has 11 heteroatoms. The largest absolute Gasteiger partial charge is 0.359 e. The van der Waals surface area contributed by atoms with Crippen LogP contribution in [0.4, 0.5) is 14.5 Å². The minimum Gasteiger partial charge on any atom is -0.359 e. The molecule has 2 aromatic carbocycles. The Hall–Kier alpha value is -3.86. The highest BCUT2D eigenvalue weighted by Gasteiger charge is 2.20. The molecule has 0 saturated carbocycles. The third-order valence-electron chi connectivity index (χ3n) is 4.95. The fourth-order valence-corrected chi connectivity index (χ4v) is 4.65. The molecule has 0 radical (unpaired) electrons. The summed E-state index contributed by atoms with van der Waals surface area (Å²) in [6.45, 7) is 4.92. The van der Waals surface area contributed by atoms with Crippen molar-refractivity contribution in [1.29, 1.82) is 0 Å². The highest BCUT2D eigenvalue weighted by molar-refractivity contribution is 7.92. The first-order valence-corrected chi connectivity index (χ1v) is 11.2. The summed E-state index contributed by atoms with van der Waals surface area (Å²) in [7, 11) is -4.14. The second-order valence-corrected chi connectivity index (χ2v) is 9.01. The fraction of sp³-hybridized carbons (Fsp3) is 0.136. The Morgan fingerprint density at radius 1 is 0.970 bits per heavy atom. The maximum atomic E-state index is 13.5. The van der Waals surface area contributed by atoms with E-state index in [0.717, 1.165) is 22.9 Å². The van der Waals surface area contributed by atoms with Crippen molar-refractivity contribution in [3.05, 3.63) is 87.5 Å². The summed E-state index contributed by atoms with van der Waals surface area (Å²) in [6.07, 6.45) is 0. The summed E-state index contributed by atoms with van der Waals surface area (Å²) in [4.78, 5) is 12.3. The smallest absolute Gasteiger partial charge is 0.271 e. The van der Waals surface area contributed by atoms with Gasteiger partial charge in [-0.2, -0.15) is 9.78 Å². The van der Waals surface area contributed by atoms with Gasteiger partial charge in [-0.3, -0.25) is 9.52 Å². The zero-order valence-corrected chi connectivity index (χ0v) is 18.6. The normalized spacial score (nSPS) is 11.5. The molecule has 0 atom stereocenters. The molecule has 170 valence electrons. The summed E-state index contributed by atoms with van der Waals surface area (Å²) in [5, 5.41) is 8.20. The molecule has 0 aliphatic heterocycles. The lowest BCUT2D eigenvalue weighted by molar-refractivity contribution is 0.392. The van der Waals surface area contributed by atoms with Crippen molar-refractivity contribution in [1.82, 2.24) is 14.9 Å². The third kappa shape index (κ3) is 4.27. The maximum Gasteiger partial charge on any atom is 0.271 e. The van der Waals surface area contributed by atoms with Gasteiger partial charge in [0, 0.05) is 17.7 Å². The molecule has 2 heterocycles. The van der Waals surface area contributed by atoms with Gasteiger partial charge in [0.15, 0.2) is 17.4 Å². The number of benzene rings is 2. The van der Waals surface area contributed by atoms with E-state index in [1.807, 2.05) is 0 Å². The Morgan fingerprint density at radius 2 is 1.73 bits per heavy atom. The van der Waals surface area contributed by atoms with Gasteiger partial charge < -0.3 is 4.52 Å². The number of aryl methyl sites for hydroxylation is 3. The third-order valence-corrected chi connectivity index (χ3v) is 6.48. The molecule has 0 amide bonds. The van der Waals surface area contributed by atoms with Crippen LogP contribution in [0.3, 0.4) is 0 Å². The second kappa shape index (κ2) is 8.24. The first kappa shape index (κ1) is 22.3. The Morgan fingerprint density at radius 3 is 2.39 bits per heavy atom. The Bertz CT molecular complexity index is 1520. The van der Waals surface area contributed by atoms with Crippen LogP contribution in [-0.2, 0) is 10.0 Å². The zero-order valence-electron chi connectivity index (χ0n) is 17.8. The summed E-state index contributed by atoms with van der Waals surface area (Å²) in [6, 6.07) is 10.1. The second-order valence-electron chi connectivity index (χ2n) is 7.36. The van der Waals surface area contributed by atoms with Gasteiger partial charge in [-0.05, 0) is 50.6 Å². The molecule has 1 N–H and O–H groups in total. The van der Waals surface area contributed by atoms with Crippen molar-refractivity contribution in [3.63, 3.8) is 0 Å². The molecule has 0 bridgehead atoms. The van der Waals surface area contributed by atoms with Gasteiger partial charge in [-0.25, -0.2) is 17.2 Å². The first-order chi connectivity index (χ1) is 15.6. The summed E-state index contributed by atoms with van der Waals surface area (Å²) < 4.78 is 61.1. The van der Waals surface area contributed by atoms with E-state index < -0.39 is 27.2 Å². The Kier molecular flexibility index (Phi) is 5.58. The van der Waals surface area contributed by atoms with Gasteiger partial charge in [0.2, 0.25) is 0 Å². The molecule has 2 aromatic heterocycles. The number of hydrogen-bond acceptors (Lipinski definition) is 6. The van der Waals surface area contributed by atoms with Gasteiger partial charge in [0.1, 0.15) is 11.4 Å². The molecule has 33 heavy (non-hydrogen) atoms. The summed E-state index contributed by atoms with van der Waals surface area (Å²) in [5.41, 5.74) is 1.53. The van der Waals surface area contributed by atoms with Crippen LogP contribution in [0.25, 0.3) is 16.9 Å². The molecule has 0 aliphatic rings. The van der Waals surface area contributed by atoms with Crippen LogP contribution >= 0.6 is 0 Å². The van der Waals surface area contributed by atoms with E-state index in [1.165, 1.54) is 18.2 Å². The summed E-state index contributed by atoms with van der Waals surface area (Å²) >= 11 is 0. The van der Waals surface area contributed by atoms with E-state index in [2.05, 4.69) is 15.0 Å². The average Bonchev–Trinajstić information content (AvgIpc) is 3.09. The van der Waals surface area contributed by atoms with E-state index in [-0.39, 0.29) is 10.6 Å². The predicted molar refractivity (Wildman–Crippen MR) is 117 cm³/mol. The van der Waals surface area contributed by atoms with Crippen molar-refractivity contribution in [2.45, 2.75) is 25.7 Å². The van der Waals surface area contributed by atoms with Crippen molar-refractivity contribution >= 4 is 15.7 Å². The van der Waals surface area contributed by atoms with Crippen LogP contribution in [-0.4, -0.2) is 23.4 Å². The van der Waals surface area contributed by atoms with Crippen LogP contribution in [0, 0.1) is 32.4 Å². The molecule has 0 saturated heterocycles. The fourth-order valence-electron chi connectivity index (χ4n) is 3.32. The highest BCUT2D eigenvalue weighted by atomic mass is 32.2. The van der Waals surface area contributed by atoms with Crippen molar-refractivity contribution in [2.75, 3.05) is 4.72 Å². The number of aromatic nitrogens is 3. The molecule has 0 fully saturated rings. The van der Waals surface area contributed by atoms with Gasteiger partial charge in [-0.15, -0.1) is 0 Å². The summed E-state index contributed by atoms with van der Waals surface area (Å²) in [5.74, 6) is -1.86. The molecule has 0 aliphatic carbocycles. The number of nitrogens with zero attached hydrogens (tertiary/aromatic N) is 3. The minimum atomic E-state index is -4.14. The van der Waals surface area contributed by atoms with E-state index in [1.54, 1.807) is 32.9 Å². The molecule has 8 nitrogen and oxygen atoms in total. The lowest BCUT2D eigenvalue weighted by Gasteiger charge is -2.13. The molecular formula is C22H18F2N4O4S. The molecule has 4 aromatic rings. The SMILES string of the molecule is Cc1ccc(-c2ccc(=O)n(-c3c(C)noc3C)n2)cc1S(=O)(=O)Nc1ccc(F)c(F)c1. The average molecular weight is 472 g/mol. The Balaban J connectivity index is 1.77. The number of halogens is 2. The number of anilines is 1. The van der Waals surface area contributed by atoms with Crippen molar-refractivity contribution in [2.24, 2.45) is 0 Å². The van der Waals surface area contributed by atoms with Crippen LogP contribution in [0.5, 0.6) is 0 Å². The van der Waals surface area contributed by atoms with Crippen LogP contribution < -0.4 is 10.3 Å². The zero-order chi connectivity index (χ0) is 23.9. The predicted octanol–water partition coefficient (Wildman–Crippen LogP) is 3.89. The maximum absolute atomic E-state index is 13.5. The van der Waals surface area contributed by atoms with Crippen LogP contribution in [0.1, 0.15) is 17.0 Å². The van der Waals surface area contributed by atoms with Gasteiger partial charge in [-0.1, -0.05) is 17.3 Å². The lowest BCUT2D eigenvalue weighted by Crippen LogP contribution is -2.21. The molecule has 0 unspecified atom stereocenters. The number of hydrogen-bond donors (Lipinski definition) is 1. The molecular weight excluding hydrogens is 454 g/mol. The Labute approximate surface area is 187 Å². The topological polar surface area (TPSA) is 107 Å². The van der Waals surface area contributed by atoms with Crippen LogP contribution in [0.15, 0.2) is 62.7 Å².